The molecule has 0 spiro atoms. The Kier molecular flexibility index (Phi) is 8.42. The van der Waals surface area contributed by atoms with Crippen LogP contribution in [0.5, 0.6) is 0 Å². The number of rotatable bonds is 5. The second-order valence-corrected chi connectivity index (χ2v) is 10.0. The molecule has 34 heavy (non-hydrogen) atoms. The van der Waals surface area contributed by atoms with E-state index in [2.05, 4.69) is 85.0 Å². The number of hydrogen-bond acceptors (Lipinski definition) is 4. The zero-order valence-electron chi connectivity index (χ0n) is 20.4. The number of carbonyl (C=O) groups excluding carboxylic acids is 1. The van der Waals surface area contributed by atoms with E-state index in [0.717, 1.165) is 80.0 Å². The number of nitrogens with one attached hydrogen (secondary N) is 1. The fourth-order valence-corrected chi connectivity index (χ4v) is 5.18. The van der Waals surface area contributed by atoms with Gasteiger partial charge in [-0.05, 0) is 55.3 Å². The molecule has 1 unspecified atom stereocenters. The summed E-state index contributed by atoms with van der Waals surface area (Å²) in [6.07, 6.45) is 1.87. The van der Waals surface area contributed by atoms with Crippen LogP contribution in [-0.2, 0) is 22.5 Å². The van der Waals surface area contributed by atoms with Gasteiger partial charge in [0.2, 0.25) is 6.41 Å². The molecular weight excluding hydrogens is 492 g/mol. The molecule has 0 aliphatic carbocycles. The Bertz CT molecular complexity index is 1090. The minimum Gasteiger partial charge on any atom is -0.385 e. The largest absolute Gasteiger partial charge is 0.385 e. The van der Waals surface area contributed by atoms with E-state index in [1.807, 2.05) is 11.8 Å². The van der Waals surface area contributed by atoms with Crippen molar-refractivity contribution in [3.63, 3.8) is 0 Å². The first-order valence-electron chi connectivity index (χ1n) is 12.0. The van der Waals surface area contributed by atoms with Crippen molar-refractivity contribution >= 4 is 33.2 Å². The van der Waals surface area contributed by atoms with E-state index in [-0.39, 0.29) is 6.04 Å². The first-order valence-corrected chi connectivity index (χ1v) is 12.8. The number of carbonyl (C=O) groups is 1. The summed E-state index contributed by atoms with van der Waals surface area (Å²) in [7, 11) is 3.87. The Morgan fingerprint density at radius 2 is 1.79 bits per heavy atom. The molecule has 1 N–H and O–H groups in total. The van der Waals surface area contributed by atoms with Crippen LogP contribution in [0.15, 0.2) is 46.9 Å². The summed E-state index contributed by atoms with van der Waals surface area (Å²) in [4.78, 5) is 22.3. The molecule has 7 heteroatoms. The fourth-order valence-electron chi connectivity index (χ4n) is 4.82. The van der Waals surface area contributed by atoms with Crippen LogP contribution in [0.3, 0.4) is 0 Å². The normalized spacial score (nSPS) is 18.9. The smallest absolute Gasteiger partial charge is 0.210 e. The predicted octanol–water partition coefficient (Wildman–Crippen LogP) is 4.43. The fraction of sp³-hybridized carbons (Fsp3) is 0.444. The maximum absolute atomic E-state index is 11.9. The van der Waals surface area contributed by atoms with E-state index in [1.54, 1.807) is 7.11 Å². The van der Waals surface area contributed by atoms with Crippen molar-refractivity contribution in [2.75, 3.05) is 53.5 Å². The third-order valence-electron chi connectivity index (χ3n) is 6.85. The summed E-state index contributed by atoms with van der Waals surface area (Å²) in [5.41, 5.74) is 6.10. The maximum Gasteiger partial charge on any atom is 0.210 e. The quantitative estimate of drug-likeness (QED) is 0.499. The zero-order valence-corrected chi connectivity index (χ0v) is 22.0. The van der Waals surface area contributed by atoms with Gasteiger partial charge in [-0.15, -0.1) is 0 Å². The molecule has 0 bridgehead atoms. The average Bonchev–Trinajstić information content (AvgIpc) is 3.23. The summed E-state index contributed by atoms with van der Waals surface area (Å²) < 4.78 is 5.62. The van der Waals surface area contributed by atoms with Crippen molar-refractivity contribution in [2.24, 2.45) is 0 Å². The van der Waals surface area contributed by atoms with Crippen LogP contribution in [0.2, 0.25) is 0 Å². The number of hydrogen-bond donors (Lipinski definition) is 1. The van der Waals surface area contributed by atoms with Crippen molar-refractivity contribution in [3.05, 3.63) is 69.3 Å². The summed E-state index contributed by atoms with van der Waals surface area (Å²) in [6, 6.07) is 15.1. The lowest BCUT2D eigenvalue weighted by Crippen LogP contribution is -2.43. The molecule has 2 aliphatic heterocycles. The van der Waals surface area contributed by atoms with Gasteiger partial charge in [0.15, 0.2) is 0 Å². The number of aromatic nitrogens is 1. The van der Waals surface area contributed by atoms with E-state index >= 15 is 0 Å². The second kappa shape index (κ2) is 11.5. The van der Waals surface area contributed by atoms with Gasteiger partial charge in [-0.1, -0.05) is 40.2 Å². The lowest BCUT2D eigenvalue weighted by Gasteiger charge is -2.34. The number of halogens is 1. The van der Waals surface area contributed by atoms with Gasteiger partial charge in [-0.2, -0.15) is 0 Å². The molecule has 2 aromatic carbocycles. The molecule has 1 aromatic heterocycles. The number of nitrogens with zero attached hydrogens (tertiary/aromatic N) is 3. The first kappa shape index (κ1) is 24.9. The number of likely N-dealkylation sites (N-methyl/N-ethyl adjacent to an activating group) is 1. The van der Waals surface area contributed by atoms with Crippen molar-refractivity contribution < 1.29 is 9.53 Å². The van der Waals surface area contributed by atoms with Crippen LogP contribution < -0.4 is 0 Å². The SMILES string of the molecule is CCOC.CN1CCN(Cc2ccc(C3c4[nH]c5ccc(Br)cc5c4CCN3C=O)cc2)CC1. The molecule has 6 nitrogen and oxygen atoms in total. The number of methoxy groups -OCH3 is 1. The van der Waals surface area contributed by atoms with Crippen molar-refractivity contribution in [2.45, 2.75) is 25.9 Å². The monoisotopic (exact) mass is 526 g/mol. The highest BCUT2D eigenvalue weighted by molar-refractivity contribution is 9.10. The summed E-state index contributed by atoms with van der Waals surface area (Å²) in [5.74, 6) is 0. The van der Waals surface area contributed by atoms with E-state index < -0.39 is 0 Å². The Morgan fingerprint density at radius 3 is 2.44 bits per heavy atom. The molecular formula is C27H35BrN4O2. The summed E-state index contributed by atoms with van der Waals surface area (Å²) >= 11 is 3.60. The number of amides is 1. The van der Waals surface area contributed by atoms with E-state index in [4.69, 9.17) is 0 Å². The molecule has 5 rings (SSSR count). The Labute approximate surface area is 211 Å². The second-order valence-electron chi connectivity index (χ2n) is 9.10. The van der Waals surface area contributed by atoms with Crippen LogP contribution in [-0.4, -0.2) is 79.6 Å². The zero-order chi connectivity index (χ0) is 24.1. The van der Waals surface area contributed by atoms with E-state index in [1.165, 1.54) is 16.5 Å². The number of fused-ring (bicyclic) bond motifs is 3. The number of H-pyrrole nitrogens is 1. The number of benzene rings is 2. The third-order valence-corrected chi connectivity index (χ3v) is 7.34. The van der Waals surface area contributed by atoms with Crippen LogP contribution in [0, 0.1) is 0 Å². The highest BCUT2D eigenvalue weighted by Crippen LogP contribution is 2.38. The lowest BCUT2D eigenvalue weighted by atomic mass is 9.92. The Hall–Kier alpha value is -2.19. The van der Waals surface area contributed by atoms with Crippen LogP contribution >= 0.6 is 15.9 Å². The Morgan fingerprint density at radius 1 is 1.09 bits per heavy atom. The van der Waals surface area contributed by atoms with Crippen molar-refractivity contribution in [1.82, 2.24) is 19.7 Å². The predicted molar refractivity (Wildman–Crippen MR) is 141 cm³/mol. The van der Waals surface area contributed by atoms with Gasteiger partial charge in [-0.25, -0.2) is 0 Å². The van der Waals surface area contributed by atoms with Crippen LogP contribution in [0.25, 0.3) is 10.9 Å². The highest BCUT2D eigenvalue weighted by Gasteiger charge is 2.31. The lowest BCUT2D eigenvalue weighted by molar-refractivity contribution is -0.120. The van der Waals surface area contributed by atoms with Gasteiger partial charge in [0.05, 0.1) is 6.04 Å². The molecule has 1 amide bonds. The minimum absolute atomic E-state index is 0.0601. The van der Waals surface area contributed by atoms with E-state index in [9.17, 15) is 4.79 Å². The summed E-state index contributed by atoms with van der Waals surface area (Å²) in [6.45, 7) is 9.01. The molecule has 0 radical (unpaired) electrons. The third kappa shape index (κ3) is 5.54. The number of piperazine rings is 1. The first-order chi connectivity index (χ1) is 16.5. The van der Waals surface area contributed by atoms with Gasteiger partial charge < -0.3 is 19.5 Å². The topological polar surface area (TPSA) is 51.8 Å². The van der Waals surface area contributed by atoms with Gasteiger partial charge in [0.25, 0.3) is 0 Å². The van der Waals surface area contributed by atoms with Crippen LogP contribution in [0.4, 0.5) is 0 Å². The van der Waals surface area contributed by atoms with Gasteiger partial charge >= 0.3 is 0 Å². The van der Waals surface area contributed by atoms with Crippen molar-refractivity contribution in [3.8, 4) is 0 Å². The summed E-state index contributed by atoms with van der Waals surface area (Å²) in [5, 5.41) is 1.25. The highest BCUT2D eigenvalue weighted by atomic mass is 79.9. The van der Waals surface area contributed by atoms with Crippen molar-refractivity contribution in [1.29, 1.82) is 0 Å². The maximum atomic E-state index is 11.9. The van der Waals surface area contributed by atoms with Gasteiger partial charge in [0.1, 0.15) is 0 Å². The minimum atomic E-state index is -0.0601. The molecule has 3 heterocycles. The molecule has 182 valence electrons. The van der Waals surface area contributed by atoms with Gasteiger partial charge in [-0.3, -0.25) is 9.69 Å². The van der Waals surface area contributed by atoms with Gasteiger partial charge in [0, 0.05) is 74.1 Å². The molecule has 1 atom stereocenters. The molecule has 0 saturated carbocycles. The molecule has 2 aliphatic rings. The standard InChI is InChI=1S/C24H27BrN4O.C3H8O/c1-27-10-12-28(13-11-27)15-17-2-4-18(5-3-17)24-23-20(8-9-29(24)16-30)21-14-19(25)6-7-22(21)26-23;1-3-4-2/h2-7,14,16,24,26H,8-13,15H2,1H3;3H2,1-2H3. The number of ether oxygens (including phenoxy) is 1. The van der Waals surface area contributed by atoms with E-state index in [0.29, 0.717) is 0 Å². The van der Waals surface area contributed by atoms with Crippen LogP contribution in [0.1, 0.15) is 35.3 Å². The average molecular weight is 528 g/mol. The molecule has 1 fully saturated rings. The molecule has 1 saturated heterocycles. The Balaban J connectivity index is 0.000000636. The number of aromatic amines is 1. The molecule has 3 aromatic rings.